The molecular formula is C6H5NO2. The maximum absolute atomic E-state index is 10.5. The lowest BCUT2D eigenvalue weighted by Crippen LogP contribution is -1.96. The first-order valence-electron chi connectivity index (χ1n) is 2.47. The van der Waals surface area contributed by atoms with Crippen molar-refractivity contribution in [1.82, 2.24) is 4.98 Å². The molecule has 0 amide bonds. The summed E-state index contributed by atoms with van der Waals surface area (Å²) in [6.45, 7) is 0. The van der Waals surface area contributed by atoms with Crippen molar-refractivity contribution >= 4 is 12.1 Å². The SMILES string of the molecule is O=CC(=O)c1cc[nH]c1. The van der Waals surface area contributed by atoms with E-state index in [1.54, 1.807) is 12.3 Å². The highest BCUT2D eigenvalue weighted by Gasteiger charge is 2.00. The average Bonchev–Trinajstić information content (AvgIpc) is 2.37. The summed E-state index contributed by atoms with van der Waals surface area (Å²) in [5.41, 5.74) is 0.407. The number of nitrogens with one attached hydrogen (secondary N) is 1. The Morgan fingerprint density at radius 1 is 1.67 bits per heavy atom. The second-order valence-electron chi connectivity index (χ2n) is 1.58. The van der Waals surface area contributed by atoms with Gasteiger partial charge in [-0.15, -0.1) is 0 Å². The van der Waals surface area contributed by atoms with Gasteiger partial charge >= 0.3 is 0 Å². The van der Waals surface area contributed by atoms with E-state index < -0.39 is 5.78 Å². The van der Waals surface area contributed by atoms with Gasteiger partial charge in [-0.1, -0.05) is 0 Å². The number of hydrogen-bond donors (Lipinski definition) is 1. The first-order chi connectivity index (χ1) is 4.34. The van der Waals surface area contributed by atoms with E-state index in [9.17, 15) is 9.59 Å². The molecule has 0 aliphatic carbocycles. The van der Waals surface area contributed by atoms with E-state index in [-0.39, 0.29) is 0 Å². The Morgan fingerprint density at radius 2 is 2.44 bits per heavy atom. The highest BCUT2D eigenvalue weighted by molar-refractivity contribution is 6.33. The second kappa shape index (κ2) is 2.26. The minimum Gasteiger partial charge on any atom is -0.367 e. The van der Waals surface area contributed by atoms with Crippen molar-refractivity contribution in [2.75, 3.05) is 0 Å². The van der Waals surface area contributed by atoms with Crippen molar-refractivity contribution in [3.05, 3.63) is 24.0 Å². The van der Waals surface area contributed by atoms with Crippen LogP contribution in [-0.2, 0) is 4.79 Å². The molecule has 1 rings (SSSR count). The molecule has 0 fully saturated rings. The lowest BCUT2D eigenvalue weighted by molar-refractivity contribution is -0.104. The summed E-state index contributed by atoms with van der Waals surface area (Å²) < 4.78 is 0. The van der Waals surface area contributed by atoms with Gasteiger partial charge in [0.25, 0.3) is 0 Å². The minimum atomic E-state index is -0.490. The van der Waals surface area contributed by atoms with Crippen molar-refractivity contribution < 1.29 is 9.59 Å². The van der Waals surface area contributed by atoms with Crippen LogP contribution < -0.4 is 0 Å². The number of aromatic nitrogens is 1. The Labute approximate surface area is 51.7 Å². The van der Waals surface area contributed by atoms with Crippen molar-refractivity contribution in [3.63, 3.8) is 0 Å². The number of rotatable bonds is 2. The quantitative estimate of drug-likeness (QED) is 0.351. The van der Waals surface area contributed by atoms with Crippen LogP contribution in [0.5, 0.6) is 0 Å². The van der Waals surface area contributed by atoms with Gasteiger partial charge in [0.15, 0.2) is 6.29 Å². The van der Waals surface area contributed by atoms with E-state index in [1.165, 1.54) is 6.20 Å². The van der Waals surface area contributed by atoms with Gasteiger partial charge in [0.05, 0.1) is 0 Å². The number of aromatic amines is 1. The molecule has 0 aliphatic rings. The van der Waals surface area contributed by atoms with Crippen LogP contribution in [0.15, 0.2) is 18.5 Å². The van der Waals surface area contributed by atoms with E-state index in [1.807, 2.05) is 0 Å². The molecule has 0 bridgehead atoms. The smallest absolute Gasteiger partial charge is 0.226 e. The molecule has 0 atom stereocenters. The lowest BCUT2D eigenvalue weighted by Gasteiger charge is -1.78. The molecule has 0 aliphatic heterocycles. The standard InChI is InChI=1S/C6H5NO2/c8-4-6(9)5-1-2-7-3-5/h1-4,7H. The third kappa shape index (κ3) is 1.05. The number of carbonyl (C=O) groups is 2. The molecule has 46 valence electrons. The van der Waals surface area contributed by atoms with Crippen LogP contribution in [0.3, 0.4) is 0 Å². The topological polar surface area (TPSA) is 49.9 Å². The zero-order valence-corrected chi connectivity index (χ0v) is 4.63. The first kappa shape index (κ1) is 5.75. The molecule has 0 saturated carbocycles. The Morgan fingerprint density at radius 3 is 2.89 bits per heavy atom. The van der Waals surface area contributed by atoms with Crippen molar-refractivity contribution in [3.8, 4) is 0 Å². The Hall–Kier alpha value is -1.38. The molecule has 1 aromatic heterocycles. The summed E-state index contributed by atoms with van der Waals surface area (Å²) in [4.78, 5) is 23.0. The Kier molecular flexibility index (Phi) is 1.44. The maximum atomic E-state index is 10.5. The van der Waals surface area contributed by atoms with Crippen molar-refractivity contribution in [2.24, 2.45) is 0 Å². The highest BCUT2D eigenvalue weighted by Crippen LogP contribution is 1.94. The van der Waals surface area contributed by atoms with Crippen LogP contribution >= 0.6 is 0 Å². The monoisotopic (exact) mass is 123 g/mol. The predicted octanol–water partition coefficient (Wildman–Crippen LogP) is 0.396. The normalized spacial score (nSPS) is 8.89. The molecule has 9 heavy (non-hydrogen) atoms. The average molecular weight is 123 g/mol. The molecule has 1 N–H and O–H groups in total. The van der Waals surface area contributed by atoms with Gasteiger partial charge < -0.3 is 4.98 Å². The van der Waals surface area contributed by atoms with Crippen molar-refractivity contribution in [1.29, 1.82) is 0 Å². The third-order valence-corrected chi connectivity index (χ3v) is 0.990. The van der Waals surface area contributed by atoms with Gasteiger partial charge in [-0.3, -0.25) is 9.59 Å². The lowest BCUT2D eigenvalue weighted by atomic mass is 10.2. The second-order valence-corrected chi connectivity index (χ2v) is 1.58. The largest absolute Gasteiger partial charge is 0.367 e. The number of carbonyl (C=O) groups excluding carboxylic acids is 2. The van der Waals surface area contributed by atoms with Crippen LogP contribution in [0.25, 0.3) is 0 Å². The summed E-state index contributed by atoms with van der Waals surface area (Å²) in [7, 11) is 0. The van der Waals surface area contributed by atoms with Gasteiger partial charge in [0.2, 0.25) is 5.78 Å². The summed E-state index contributed by atoms with van der Waals surface area (Å²) in [5, 5.41) is 0. The summed E-state index contributed by atoms with van der Waals surface area (Å²) in [6.07, 6.45) is 3.37. The van der Waals surface area contributed by atoms with Gasteiger partial charge in [-0.25, -0.2) is 0 Å². The number of hydrogen-bond acceptors (Lipinski definition) is 2. The summed E-state index contributed by atoms with van der Waals surface area (Å²) >= 11 is 0. The van der Waals surface area contributed by atoms with Crippen LogP contribution in [0.1, 0.15) is 10.4 Å². The molecule has 0 radical (unpaired) electrons. The van der Waals surface area contributed by atoms with Gasteiger partial charge in [-0.2, -0.15) is 0 Å². The number of Topliss-reactive ketones (excluding diaryl/α,β-unsaturated/α-hetero) is 1. The molecular weight excluding hydrogens is 118 g/mol. The fourth-order valence-electron chi connectivity index (χ4n) is 0.545. The molecule has 3 nitrogen and oxygen atoms in total. The molecule has 3 heteroatoms. The van der Waals surface area contributed by atoms with E-state index in [0.717, 1.165) is 0 Å². The van der Waals surface area contributed by atoms with Gasteiger partial charge in [0, 0.05) is 18.0 Å². The van der Waals surface area contributed by atoms with Crippen LogP contribution in [-0.4, -0.2) is 17.1 Å². The van der Waals surface area contributed by atoms with E-state index in [4.69, 9.17) is 0 Å². The molecule has 1 heterocycles. The van der Waals surface area contributed by atoms with Gasteiger partial charge in [0.1, 0.15) is 0 Å². The van der Waals surface area contributed by atoms with E-state index >= 15 is 0 Å². The molecule has 0 spiro atoms. The molecule has 0 saturated heterocycles. The van der Waals surface area contributed by atoms with Crippen molar-refractivity contribution in [2.45, 2.75) is 0 Å². The molecule has 0 aromatic carbocycles. The van der Waals surface area contributed by atoms with Crippen LogP contribution in [0, 0.1) is 0 Å². The third-order valence-electron chi connectivity index (χ3n) is 0.990. The maximum Gasteiger partial charge on any atom is 0.226 e. The highest BCUT2D eigenvalue weighted by atomic mass is 16.2. The summed E-state index contributed by atoms with van der Waals surface area (Å²) in [5.74, 6) is -0.490. The zero-order chi connectivity index (χ0) is 6.69. The van der Waals surface area contributed by atoms with E-state index in [0.29, 0.717) is 11.8 Å². The minimum absolute atomic E-state index is 0.295. The number of ketones is 1. The number of H-pyrrole nitrogens is 1. The van der Waals surface area contributed by atoms with Crippen LogP contribution in [0.2, 0.25) is 0 Å². The molecule has 0 unspecified atom stereocenters. The predicted molar refractivity (Wildman–Crippen MR) is 31.2 cm³/mol. The molecule has 1 aromatic rings. The zero-order valence-electron chi connectivity index (χ0n) is 4.63. The van der Waals surface area contributed by atoms with E-state index in [2.05, 4.69) is 4.98 Å². The number of aldehydes is 1. The van der Waals surface area contributed by atoms with Crippen LogP contribution in [0.4, 0.5) is 0 Å². The Balaban J connectivity index is 2.89. The summed E-state index contributed by atoms with van der Waals surface area (Å²) in [6, 6.07) is 1.55. The first-order valence-corrected chi connectivity index (χ1v) is 2.47. The Bertz CT molecular complexity index is 213. The fraction of sp³-hybridized carbons (Fsp3) is 0. The van der Waals surface area contributed by atoms with Gasteiger partial charge in [-0.05, 0) is 6.07 Å². The fourth-order valence-corrected chi connectivity index (χ4v) is 0.545.